The summed E-state index contributed by atoms with van der Waals surface area (Å²) in [6.07, 6.45) is 0. The van der Waals surface area contributed by atoms with Crippen LogP contribution in [0.1, 0.15) is 25.0 Å². The molecule has 0 N–H and O–H groups in total. The lowest BCUT2D eigenvalue weighted by molar-refractivity contribution is 0.661. The molecule has 10 aromatic rings. The summed E-state index contributed by atoms with van der Waals surface area (Å²) >= 11 is 0. The van der Waals surface area contributed by atoms with E-state index in [4.69, 9.17) is 9.97 Å². The third-order valence-electron chi connectivity index (χ3n) is 12.3. The van der Waals surface area contributed by atoms with Gasteiger partial charge in [0.15, 0.2) is 5.82 Å². The van der Waals surface area contributed by atoms with Crippen LogP contribution in [0.3, 0.4) is 0 Å². The maximum atomic E-state index is 5.28. The summed E-state index contributed by atoms with van der Waals surface area (Å²) < 4.78 is 0. The molecule has 1 aromatic heterocycles. The van der Waals surface area contributed by atoms with Gasteiger partial charge in [0.05, 0.1) is 11.4 Å². The molecule has 9 aromatic carbocycles. The van der Waals surface area contributed by atoms with Crippen LogP contribution in [0.25, 0.3) is 100.0 Å². The molecular formula is C57H40N2. The van der Waals surface area contributed by atoms with Gasteiger partial charge in [-0.2, -0.15) is 0 Å². The third kappa shape index (κ3) is 5.87. The van der Waals surface area contributed by atoms with Crippen molar-refractivity contribution in [1.29, 1.82) is 0 Å². The predicted molar refractivity (Wildman–Crippen MR) is 247 cm³/mol. The lowest BCUT2D eigenvalue weighted by Crippen LogP contribution is -2.14. The molecule has 0 amide bonds. The smallest absolute Gasteiger partial charge is 0.160 e. The Morgan fingerprint density at radius 2 is 0.847 bits per heavy atom. The third-order valence-corrected chi connectivity index (χ3v) is 12.3. The molecule has 0 spiro atoms. The molecule has 278 valence electrons. The first kappa shape index (κ1) is 34.8. The molecule has 0 radical (unpaired) electrons. The zero-order valence-corrected chi connectivity index (χ0v) is 33.0. The van der Waals surface area contributed by atoms with Gasteiger partial charge in [0.2, 0.25) is 0 Å². The zero-order chi connectivity index (χ0) is 39.5. The summed E-state index contributed by atoms with van der Waals surface area (Å²) in [6, 6.07) is 74.3. The van der Waals surface area contributed by atoms with Crippen LogP contribution in [0, 0.1) is 0 Å². The van der Waals surface area contributed by atoms with Crippen molar-refractivity contribution in [2.45, 2.75) is 19.3 Å². The average molecular weight is 753 g/mol. The van der Waals surface area contributed by atoms with Crippen molar-refractivity contribution in [1.82, 2.24) is 9.97 Å². The Hall–Kier alpha value is -7.42. The van der Waals surface area contributed by atoms with E-state index in [1.54, 1.807) is 0 Å². The maximum Gasteiger partial charge on any atom is 0.160 e. The van der Waals surface area contributed by atoms with Crippen molar-refractivity contribution in [2.24, 2.45) is 0 Å². The number of rotatable bonds is 6. The number of hydrogen-bond donors (Lipinski definition) is 0. The normalized spacial score (nSPS) is 12.7. The van der Waals surface area contributed by atoms with Crippen molar-refractivity contribution in [3.63, 3.8) is 0 Å². The lowest BCUT2D eigenvalue weighted by Gasteiger charge is -2.22. The number of aromatic nitrogens is 2. The van der Waals surface area contributed by atoms with Gasteiger partial charge in [-0.05, 0) is 101 Å². The Labute approximate surface area is 345 Å². The van der Waals surface area contributed by atoms with E-state index in [2.05, 4.69) is 202 Å². The summed E-state index contributed by atoms with van der Waals surface area (Å²) in [5, 5.41) is 4.90. The molecule has 0 atom stereocenters. The van der Waals surface area contributed by atoms with E-state index in [9.17, 15) is 0 Å². The second-order valence-corrected chi connectivity index (χ2v) is 16.1. The first-order valence-corrected chi connectivity index (χ1v) is 20.4. The highest BCUT2D eigenvalue weighted by molar-refractivity contribution is 6.06. The predicted octanol–water partition coefficient (Wildman–Crippen LogP) is 15.1. The number of hydrogen-bond acceptors (Lipinski definition) is 2. The van der Waals surface area contributed by atoms with Crippen LogP contribution in [0.2, 0.25) is 0 Å². The Morgan fingerprint density at radius 3 is 1.59 bits per heavy atom. The Balaban J connectivity index is 1.06. The molecule has 0 aliphatic heterocycles. The summed E-state index contributed by atoms with van der Waals surface area (Å²) in [5.41, 5.74) is 17.4. The van der Waals surface area contributed by atoms with Crippen LogP contribution in [-0.4, -0.2) is 9.97 Å². The molecule has 0 unspecified atom stereocenters. The van der Waals surface area contributed by atoms with E-state index in [0.29, 0.717) is 5.82 Å². The topological polar surface area (TPSA) is 25.8 Å². The maximum absolute atomic E-state index is 5.28. The lowest BCUT2D eigenvalue weighted by atomic mass is 9.81. The minimum atomic E-state index is -0.0980. The van der Waals surface area contributed by atoms with E-state index >= 15 is 0 Å². The number of nitrogens with zero attached hydrogens (tertiary/aromatic N) is 2. The highest BCUT2D eigenvalue weighted by Gasteiger charge is 2.37. The molecule has 59 heavy (non-hydrogen) atoms. The fraction of sp³-hybridized carbons (Fsp3) is 0.0526. The monoisotopic (exact) mass is 752 g/mol. The summed E-state index contributed by atoms with van der Waals surface area (Å²) in [7, 11) is 0. The van der Waals surface area contributed by atoms with Crippen LogP contribution < -0.4 is 0 Å². The van der Waals surface area contributed by atoms with Gasteiger partial charge in [0.25, 0.3) is 0 Å². The molecule has 0 saturated heterocycles. The molecule has 1 heterocycles. The van der Waals surface area contributed by atoms with E-state index in [1.807, 2.05) is 18.2 Å². The van der Waals surface area contributed by atoms with Crippen LogP contribution in [0.4, 0.5) is 0 Å². The Kier molecular flexibility index (Phi) is 8.20. The molecule has 11 rings (SSSR count). The van der Waals surface area contributed by atoms with Crippen LogP contribution in [0.15, 0.2) is 206 Å². The van der Waals surface area contributed by atoms with E-state index in [1.165, 1.54) is 60.7 Å². The highest BCUT2D eigenvalue weighted by Crippen LogP contribution is 2.53. The van der Waals surface area contributed by atoms with Crippen molar-refractivity contribution in [2.75, 3.05) is 0 Å². The number of fused-ring (bicyclic) bond motifs is 5. The number of benzene rings is 9. The van der Waals surface area contributed by atoms with E-state index in [-0.39, 0.29) is 5.41 Å². The van der Waals surface area contributed by atoms with Crippen molar-refractivity contribution in [3.8, 4) is 78.4 Å². The molecule has 0 fully saturated rings. The molecule has 0 bridgehead atoms. The van der Waals surface area contributed by atoms with Crippen molar-refractivity contribution >= 4 is 21.5 Å². The standard InChI is InChI=1S/C57H40N2/c1-57(2)51-30-16-29-45(55(51)50-34-39-21-9-10-22-40(39)35-52(50)57)42-24-15-23-41(33-42)44-31-32-49(47-27-13-12-26-46(44)47)54-36-53(58-56(59-54)38-19-7-4-8-20-38)48-28-14-11-25-43(48)37-17-5-3-6-18-37/h3-36H,1-2H3. The molecule has 2 nitrogen and oxygen atoms in total. The Morgan fingerprint density at radius 1 is 0.322 bits per heavy atom. The average Bonchev–Trinajstić information content (AvgIpc) is 3.53. The van der Waals surface area contributed by atoms with Gasteiger partial charge in [0, 0.05) is 22.1 Å². The Bertz CT molecular complexity index is 3230. The van der Waals surface area contributed by atoms with Gasteiger partial charge in [-0.25, -0.2) is 9.97 Å². The molecule has 1 aliphatic rings. The van der Waals surface area contributed by atoms with Crippen molar-refractivity contribution in [3.05, 3.63) is 217 Å². The summed E-state index contributed by atoms with van der Waals surface area (Å²) in [4.78, 5) is 10.5. The highest BCUT2D eigenvalue weighted by atomic mass is 14.9. The molecular weight excluding hydrogens is 713 g/mol. The fourth-order valence-electron chi connectivity index (χ4n) is 9.36. The first-order valence-electron chi connectivity index (χ1n) is 20.4. The van der Waals surface area contributed by atoms with Gasteiger partial charge in [-0.3, -0.25) is 0 Å². The summed E-state index contributed by atoms with van der Waals surface area (Å²) in [6.45, 7) is 4.73. The molecule has 0 saturated carbocycles. The van der Waals surface area contributed by atoms with Gasteiger partial charge in [-0.15, -0.1) is 0 Å². The van der Waals surface area contributed by atoms with Crippen molar-refractivity contribution < 1.29 is 0 Å². The summed E-state index contributed by atoms with van der Waals surface area (Å²) in [5.74, 6) is 0.704. The molecule has 1 aliphatic carbocycles. The van der Waals surface area contributed by atoms with Crippen LogP contribution in [-0.2, 0) is 5.41 Å². The molecule has 2 heteroatoms. The fourth-order valence-corrected chi connectivity index (χ4v) is 9.36. The minimum absolute atomic E-state index is 0.0980. The van der Waals surface area contributed by atoms with Crippen LogP contribution >= 0.6 is 0 Å². The second-order valence-electron chi connectivity index (χ2n) is 16.1. The van der Waals surface area contributed by atoms with E-state index < -0.39 is 0 Å². The van der Waals surface area contributed by atoms with Gasteiger partial charge in [0.1, 0.15) is 0 Å². The quantitative estimate of drug-likeness (QED) is 0.169. The van der Waals surface area contributed by atoms with Gasteiger partial charge < -0.3 is 0 Å². The van der Waals surface area contributed by atoms with E-state index in [0.717, 1.165) is 44.6 Å². The first-order chi connectivity index (χ1) is 29.0. The SMILES string of the molecule is CC1(C)c2cc3ccccc3cc2-c2c(-c3cccc(-c4ccc(-c5cc(-c6ccccc6-c6ccccc6)nc(-c6ccccc6)n5)c5ccccc45)c3)cccc21. The minimum Gasteiger partial charge on any atom is -0.228 e. The largest absolute Gasteiger partial charge is 0.228 e. The van der Waals surface area contributed by atoms with Gasteiger partial charge >= 0.3 is 0 Å². The second kappa shape index (κ2) is 13.9. The van der Waals surface area contributed by atoms with Crippen LogP contribution in [0.5, 0.6) is 0 Å². The van der Waals surface area contributed by atoms with Gasteiger partial charge in [-0.1, -0.05) is 196 Å². The zero-order valence-electron chi connectivity index (χ0n) is 33.0.